The summed E-state index contributed by atoms with van der Waals surface area (Å²) >= 11 is 3.42. The molecule has 0 saturated heterocycles. The summed E-state index contributed by atoms with van der Waals surface area (Å²) in [5, 5.41) is 0. The summed E-state index contributed by atoms with van der Waals surface area (Å²) in [7, 11) is 0. The lowest BCUT2D eigenvalue weighted by molar-refractivity contribution is 1.26. The molecule has 0 bridgehead atoms. The number of hydrogen-bond acceptors (Lipinski definition) is 1. The lowest BCUT2D eigenvalue weighted by Gasteiger charge is -1.99. The van der Waals surface area contributed by atoms with Gasteiger partial charge >= 0.3 is 0 Å². The Morgan fingerprint density at radius 1 is 1.50 bits per heavy atom. The van der Waals surface area contributed by atoms with Gasteiger partial charge in [0, 0.05) is 11.0 Å². The number of nitrogens with two attached hydrogens (primary N) is 1. The molecule has 0 saturated carbocycles. The lowest BCUT2D eigenvalue weighted by Crippen LogP contribution is -1.92. The van der Waals surface area contributed by atoms with Crippen LogP contribution in [-0.2, 0) is 0 Å². The first kappa shape index (κ1) is 9.49. The van der Waals surface area contributed by atoms with E-state index in [2.05, 4.69) is 35.0 Å². The van der Waals surface area contributed by atoms with Gasteiger partial charge in [0.2, 0.25) is 0 Å². The molecular formula is C10H12BrN. The highest BCUT2D eigenvalue weighted by Crippen LogP contribution is 2.16. The van der Waals surface area contributed by atoms with Crippen molar-refractivity contribution < 1.29 is 0 Å². The summed E-state index contributed by atoms with van der Waals surface area (Å²) in [4.78, 5) is 0. The highest BCUT2D eigenvalue weighted by molar-refractivity contribution is 9.10. The van der Waals surface area contributed by atoms with Gasteiger partial charge in [-0.15, -0.1) is 0 Å². The number of rotatable bonds is 2. The van der Waals surface area contributed by atoms with Gasteiger partial charge in [0.1, 0.15) is 0 Å². The van der Waals surface area contributed by atoms with Gasteiger partial charge in [-0.2, -0.15) is 0 Å². The van der Waals surface area contributed by atoms with Crippen LogP contribution in [-0.4, -0.2) is 6.54 Å². The average molecular weight is 226 g/mol. The third-order valence-corrected chi connectivity index (χ3v) is 2.17. The van der Waals surface area contributed by atoms with Crippen LogP contribution in [0.15, 0.2) is 28.7 Å². The fraction of sp³-hybridized carbons (Fsp3) is 0.200. The highest BCUT2D eigenvalue weighted by Gasteiger charge is 1.93. The van der Waals surface area contributed by atoms with Crippen molar-refractivity contribution in [3.8, 4) is 0 Å². The van der Waals surface area contributed by atoms with E-state index in [0.29, 0.717) is 6.54 Å². The summed E-state index contributed by atoms with van der Waals surface area (Å²) in [6, 6.07) is 6.21. The first-order chi connectivity index (χ1) is 5.74. The van der Waals surface area contributed by atoms with Crippen molar-refractivity contribution >= 4 is 22.0 Å². The van der Waals surface area contributed by atoms with Crippen LogP contribution in [0, 0.1) is 6.92 Å². The molecule has 0 aliphatic heterocycles. The van der Waals surface area contributed by atoms with E-state index in [4.69, 9.17) is 5.73 Å². The Morgan fingerprint density at radius 3 is 2.92 bits per heavy atom. The molecule has 1 rings (SSSR count). The molecule has 1 nitrogen and oxygen atoms in total. The molecule has 0 aliphatic carbocycles. The lowest BCUT2D eigenvalue weighted by atomic mass is 10.1. The zero-order valence-electron chi connectivity index (χ0n) is 7.05. The zero-order valence-corrected chi connectivity index (χ0v) is 8.64. The molecule has 0 amide bonds. The minimum absolute atomic E-state index is 0.589. The molecule has 1 aromatic carbocycles. The van der Waals surface area contributed by atoms with Crippen molar-refractivity contribution in [1.82, 2.24) is 0 Å². The number of hydrogen-bond donors (Lipinski definition) is 1. The van der Waals surface area contributed by atoms with Crippen molar-refractivity contribution in [3.05, 3.63) is 39.9 Å². The predicted octanol–water partition coefficient (Wildman–Crippen LogP) is 2.73. The normalized spacial score (nSPS) is 10.9. The Morgan fingerprint density at radius 2 is 2.25 bits per heavy atom. The van der Waals surface area contributed by atoms with Gasteiger partial charge in [0.15, 0.2) is 0 Å². The molecular weight excluding hydrogens is 214 g/mol. The number of benzene rings is 1. The van der Waals surface area contributed by atoms with E-state index < -0.39 is 0 Å². The molecule has 1 aromatic rings. The molecule has 0 atom stereocenters. The van der Waals surface area contributed by atoms with Gasteiger partial charge in [0.25, 0.3) is 0 Å². The summed E-state index contributed by atoms with van der Waals surface area (Å²) in [5.74, 6) is 0. The number of halogens is 1. The quantitative estimate of drug-likeness (QED) is 0.824. The first-order valence-corrected chi connectivity index (χ1v) is 4.66. The SMILES string of the molecule is Cc1ccc(Br)cc1C=CCN. The molecule has 0 aliphatic rings. The van der Waals surface area contributed by atoms with E-state index in [9.17, 15) is 0 Å². The largest absolute Gasteiger partial charge is 0.327 e. The summed E-state index contributed by atoms with van der Waals surface area (Å²) in [6.45, 7) is 2.68. The first-order valence-electron chi connectivity index (χ1n) is 3.87. The van der Waals surface area contributed by atoms with Crippen LogP contribution in [0.5, 0.6) is 0 Å². The van der Waals surface area contributed by atoms with Gasteiger partial charge in [-0.3, -0.25) is 0 Å². The molecule has 0 spiro atoms. The van der Waals surface area contributed by atoms with Gasteiger partial charge in [-0.1, -0.05) is 34.1 Å². The van der Waals surface area contributed by atoms with E-state index in [0.717, 1.165) is 4.47 Å². The van der Waals surface area contributed by atoms with Gasteiger partial charge in [-0.25, -0.2) is 0 Å². The molecule has 0 unspecified atom stereocenters. The monoisotopic (exact) mass is 225 g/mol. The van der Waals surface area contributed by atoms with Crippen LogP contribution in [0.1, 0.15) is 11.1 Å². The predicted molar refractivity (Wildman–Crippen MR) is 57.0 cm³/mol. The second kappa shape index (κ2) is 4.43. The molecule has 0 heterocycles. The summed E-state index contributed by atoms with van der Waals surface area (Å²) in [5.41, 5.74) is 7.85. The van der Waals surface area contributed by atoms with Crippen LogP contribution in [0.4, 0.5) is 0 Å². The fourth-order valence-corrected chi connectivity index (χ4v) is 1.36. The minimum Gasteiger partial charge on any atom is -0.327 e. The maximum absolute atomic E-state index is 5.37. The maximum atomic E-state index is 5.37. The molecule has 0 radical (unpaired) electrons. The van der Waals surface area contributed by atoms with E-state index in [1.807, 2.05) is 18.2 Å². The van der Waals surface area contributed by atoms with E-state index in [1.54, 1.807) is 0 Å². The topological polar surface area (TPSA) is 26.0 Å². The Balaban J connectivity index is 2.97. The smallest absolute Gasteiger partial charge is 0.0181 e. The second-order valence-electron chi connectivity index (χ2n) is 2.64. The molecule has 2 heteroatoms. The van der Waals surface area contributed by atoms with Gasteiger partial charge in [-0.05, 0) is 30.2 Å². The highest BCUT2D eigenvalue weighted by atomic mass is 79.9. The van der Waals surface area contributed by atoms with Gasteiger partial charge < -0.3 is 5.73 Å². The fourth-order valence-electron chi connectivity index (χ4n) is 0.986. The van der Waals surface area contributed by atoms with Gasteiger partial charge in [0.05, 0.1) is 0 Å². The van der Waals surface area contributed by atoms with E-state index >= 15 is 0 Å². The van der Waals surface area contributed by atoms with Crippen LogP contribution in [0.3, 0.4) is 0 Å². The molecule has 0 fully saturated rings. The summed E-state index contributed by atoms with van der Waals surface area (Å²) in [6.07, 6.45) is 3.99. The van der Waals surface area contributed by atoms with Crippen molar-refractivity contribution in [2.75, 3.05) is 6.54 Å². The van der Waals surface area contributed by atoms with Crippen LogP contribution < -0.4 is 5.73 Å². The van der Waals surface area contributed by atoms with E-state index in [-0.39, 0.29) is 0 Å². The molecule has 64 valence electrons. The molecule has 12 heavy (non-hydrogen) atoms. The van der Waals surface area contributed by atoms with Crippen molar-refractivity contribution in [1.29, 1.82) is 0 Å². The van der Waals surface area contributed by atoms with Crippen molar-refractivity contribution in [2.24, 2.45) is 5.73 Å². The Bertz CT molecular complexity index is 292. The van der Waals surface area contributed by atoms with Crippen LogP contribution in [0.2, 0.25) is 0 Å². The standard InChI is InChI=1S/C10H12BrN/c1-8-4-5-10(11)7-9(8)3-2-6-12/h2-5,7H,6,12H2,1H3. The molecule has 0 aromatic heterocycles. The minimum atomic E-state index is 0.589. The second-order valence-corrected chi connectivity index (χ2v) is 3.55. The van der Waals surface area contributed by atoms with Crippen molar-refractivity contribution in [2.45, 2.75) is 6.92 Å². The Kier molecular flexibility index (Phi) is 3.50. The number of aryl methyl sites for hydroxylation is 1. The van der Waals surface area contributed by atoms with Crippen molar-refractivity contribution in [3.63, 3.8) is 0 Å². The van der Waals surface area contributed by atoms with E-state index in [1.165, 1.54) is 11.1 Å². The Labute approximate surface area is 81.4 Å². The third kappa shape index (κ3) is 2.47. The maximum Gasteiger partial charge on any atom is 0.0181 e. The third-order valence-electron chi connectivity index (χ3n) is 1.67. The van der Waals surface area contributed by atoms with Crippen LogP contribution in [0.25, 0.3) is 6.08 Å². The molecule has 2 N–H and O–H groups in total. The summed E-state index contributed by atoms with van der Waals surface area (Å²) < 4.78 is 1.10. The zero-order chi connectivity index (χ0) is 8.97. The van der Waals surface area contributed by atoms with Crippen LogP contribution >= 0.6 is 15.9 Å². The Hall–Kier alpha value is -0.600. The average Bonchev–Trinajstić information content (AvgIpc) is 2.07.